The van der Waals surface area contributed by atoms with Crippen LogP contribution in [0.25, 0.3) is 0 Å². The summed E-state index contributed by atoms with van der Waals surface area (Å²) in [5, 5.41) is 8.73. The molecule has 1 atom stereocenters. The van der Waals surface area contributed by atoms with Crippen LogP contribution in [0.5, 0.6) is 0 Å². The molecule has 0 saturated carbocycles. The van der Waals surface area contributed by atoms with E-state index in [9.17, 15) is 0 Å². The Morgan fingerprint density at radius 3 is 2.81 bits per heavy atom. The van der Waals surface area contributed by atoms with Crippen LogP contribution in [-0.4, -0.2) is 11.5 Å². The molecule has 0 aliphatic carbocycles. The molecule has 1 aliphatic rings. The maximum atomic E-state index is 6.05. The zero-order chi connectivity index (χ0) is 11.7. The second-order valence-corrected chi connectivity index (χ2v) is 5.07. The zero-order valence-electron chi connectivity index (χ0n) is 8.74. The topological polar surface area (TPSA) is 50.7 Å². The molecule has 1 heterocycles. The lowest BCUT2D eigenvalue weighted by Gasteiger charge is -2.17. The average Bonchev–Trinajstić information content (AvgIpc) is 2.22. The molecule has 1 aliphatic heterocycles. The normalized spacial score (nSPS) is 20.3. The van der Waals surface area contributed by atoms with Gasteiger partial charge in [0.2, 0.25) is 0 Å². The van der Waals surface area contributed by atoms with Gasteiger partial charge in [-0.05, 0) is 33.6 Å². The maximum Gasteiger partial charge on any atom is 0.123 e. The number of hydrogen-bond donors (Lipinski definition) is 1. The fourth-order valence-corrected chi connectivity index (χ4v) is 2.09. The van der Waals surface area contributed by atoms with Crippen molar-refractivity contribution in [2.75, 3.05) is 0 Å². The summed E-state index contributed by atoms with van der Waals surface area (Å²) in [7, 11) is 0. The molecule has 2 N–H and O–H groups in total. The molecule has 1 unspecified atom stereocenters. The molecule has 2 rings (SSSR count). The highest BCUT2D eigenvalue weighted by Gasteiger charge is 2.18. The van der Waals surface area contributed by atoms with Crippen LogP contribution in [0.4, 0.5) is 0 Å². The first-order valence-electron chi connectivity index (χ1n) is 4.93. The van der Waals surface area contributed by atoms with Gasteiger partial charge in [0.05, 0.1) is 10.7 Å². The maximum absolute atomic E-state index is 6.05. The van der Waals surface area contributed by atoms with Gasteiger partial charge in [-0.25, -0.2) is 0 Å². The molecule has 0 bridgehead atoms. The van der Waals surface area contributed by atoms with E-state index in [0.29, 0.717) is 10.9 Å². The summed E-state index contributed by atoms with van der Waals surface area (Å²) in [6, 6.07) is 5.77. The molecule has 5 heteroatoms. The van der Waals surface area contributed by atoms with Gasteiger partial charge in [-0.3, -0.25) is 0 Å². The molecule has 16 heavy (non-hydrogen) atoms. The SMILES string of the molecule is CC1CC(N)=NN=C1c1ccc(Br)c(Cl)c1. The number of nitrogens with zero attached hydrogens (tertiary/aromatic N) is 2. The highest BCUT2D eigenvalue weighted by molar-refractivity contribution is 9.10. The molecule has 1 aromatic rings. The van der Waals surface area contributed by atoms with Crippen LogP contribution in [0.15, 0.2) is 32.9 Å². The lowest BCUT2D eigenvalue weighted by Crippen LogP contribution is -2.25. The molecule has 0 radical (unpaired) electrons. The third kappa shape index (κ3) is 2.28. The summed E-state index contributed by atoms with van der Waals surface area (Å²) in [6.07, 6.45) is 0.743. The Hall–Kier alpha value is -0.870. The van der Waals surface area contributed by atoms with Crippen molar-refractivity contribution in [2.24, 2.45) is 21.9 Å². The van der Waals surface area contributed by atoms with Crippen molar-refractivity contribution >= 4 is 39.1 Å². The van der Waals surface area contributed by atoms with Gasteiger partial charge in [0.1, 0.15) is 5.84 Å². The van der Waals surface area contributed by atoms with E-state index in [1.165, 1.54) is 0 Å². The zero-order valence-corrected chi connectivity index (χ0v) is 11.1. The largest absolute Gasteiger partial charge is 0.386 e. The van der Waals surface area contributed by atoms with E-state index in [4.69, 9.17) is 17.3 Å². The molecule has 0 spiro atoms. The fourth-order valence-electron chi connectivity index (χ4n) is 1.67. The summed E-state index contributed by atoms with van der Waals surface area (Å²) in [5.41, 5.74) is 7.56. The minimum Gasteiger partial charge on any atom is -0.386 e. The van der Waals surface area contributed by atoms with Crippen LogP contribution in [0.3, 0.4) is 0 Å². The summed E-state index contributed by atoms with van der Waals surface area (Å²) in [6.45, 7) is 2.08. The van der Waals surface area contributed by atoms with Crippen LogP contribution in [0.2, 0.25) is 5.02 Å². The van der Waals surface area contributed by atoms with Crippen molar-refractivity contribution in [1.29, 1.82) is 0 Å². The lowest BCUT2D eigenvalue weighted by atomic mass is 9.94. The number of amidine groups is 1. The second kappa shape index (κ2) is 4.55. The predicted molar refractivity (Wildman–Crippen MR) is 71.1 cm³/mol. The number of benzene rings is 1. The molecule has 3 nitrogen and oxygen atoms in total. The molecule has 0 amide bonds. The van der Waals surface area contributed by atoms with E-state index in [1.54, 1.807) is 0 Å². The number of rotatable bonds is 1. The van der Waals surface area contributed by atoms with E-state index >= 15 is 0 Å². The van der Waals surface area contributed by atoms with Crippen molar-refractivity contribution in [3.8, 4) is 0 Å². The standard InChI is InChI=1S/C11H11BrClN3/c1-6-4-10(14)15-16-11(6)7-2-3-8(12)9(13)5-7/h2-3,5-6H,4H2,1H3,(H2,14,15). The van der Waals surface area contributed by atoms with Crippen LogP contribution in [0.1, 0.15) is 18.9 Å². The van der Waals surface area contributed by atoms with E-state index in [-0.39, 0.29) is 5.92 Å². The van der Waals surface area contributed by atoms with Gasteiger partial charge in [0, 0.05) is 16.8 Å². The van der Waals surface area contributed by atoms with Gasteiger partial charge < -0.3 is 5.73 Å². The Balaban J connectivity index is 2.41. The third-order valence-electron chi connectivity index (χ3n) is 2.48. The highest BCUT2D eigenvalue weighted by atomic mass is 79.9. The minimum absolute atomic E-state index is 0.273. The van der Waals surface area contributed by atoms with E-state index in [2.05, 4.69) is 33.1 Å². The molecule has 0 aromatic heterocycles. The van der Waals surface area contributed by atoms with Crippen LogP contribution < -0.4 is 5.73 Å². The Bertz CT molecular complexity index is 482. The van der Waals surface area contributed by atoms with E-state index in [1.807, 2.05) is 18.2 Å². The first-order chi connectivity index (χ1) is 7.58. The van der Waals surface area contributed by atoms with Crippen LogP contribution in [0, 0.1) is 5.92 Å². The molecular weight excluding hydrogens is 289 g/mol. The average molecular weight is 301 g/mol. The molecule has 0 saturated heterocycles. The Kier molecular flexibility index (Phi) is 3.30. The smallest absolute Gasteiger partial charge is 0.123 e. The van der Waals surface area contributed by atoms with Gasteiger partial charge >= 0.3 is 0 Å². The molecular formula is C11H11BrClN3. The van der Waals surface area contributed by atoms with Gasteiger partial charge in [-0.15, -0.1) is 5.10 Å². The second-order valence-electron chi connectivity index (χ2n) is 3.81. The first kappa shape index (κ1) is 11.6. The van der Waals surface area contributed by atoms with Crippen molar-refractivity contribution in [3.05, 3.63) is 33.3 Å². The number of halogens is 2. The third-order valence-corrected chi connectivity index (χ3v) is 3.72. The first-order valence-corrected chi connectivity index (χ1v) is 6.10. The fraction of sp³-hybridized carbons (Fsp3) is 0.273. The van der Waals surface area contributed by atoms with Gasteiger partial charge in [-0.2, -0.15) is 5.10 Å². The predicted octanol–water partition coefficient (Wildman–Crippen LogP) is 3.20. The van der Waals surface area contributed by atoms with Crippen molar-refractivity contribution in [3.63, 3.8) is 0 Å². The van der Waals surface area contributed by atoms with Crippen molar-refractivity contribution < 1.29 is 0 Å². The number of hydrogen-bond acceptors (Lipinski definition) is 3. The van der Waals surface area contributed by atoms with Gasteiger partial charge in [0.15, 0.2) is 0 Å². The monoisotopic (exact) mass is 299 g/mol. The summed E-state index contributed by atoms with van der Waals surface area (Å²) in [4.78, 5) is 0. The number of nitrogens with two attached hydrogens (primary N) is 1. The van der Waals surface area contributed by atoms with Crippen LogP contribution >= 0.6 is 27.5 Å². The molecule has 84 valence electrons. The van der Waals surface area contributed by atoms with E-state index in [0.717, 1.165) is 22.2 Å². The Labute approximate surface area is 108 Å². The molecule has 0 fully saturated rings. The van der Waals surface area contributed by atoms with Crippen molar-refractivity contribution in [1.82, 2.24) is 0 Å². The Morgan fingerprint density at radius 2 is 2.19 bits per heavy atom. The summed E-state index contributed by atoms with van der Waals surface area (Å²) in [5.74, 6) is 0.856. The quantitative estimate of drug-likeness (QED) is 0.850. The Morgan fingerprint density at radius 1 is 1.44 bits per heavy atom. The summed E-state index contributed by atoms with van der Waals surface area (Å²) >= 11 is 9.41. The van der Waals surface area contributed by atoms with Crippen LogP contribution in [-0.2, 0) is 0 Å². The summed E-state index contributed by atoms with van der Waals surface area (Å²) < 4.78 is 0.880. The van der Waals surface area contributed by atoms with Gasteiger partial charge in [0.25, 0.3) is 0 Å². The minimum atomic E-state index is 0.273. The lowest BCUT2D eigenvalue weighted by molar-refractivity contribution is 0.783. The highest BCUT2D eigenvalue weighted by Crippen LogP contribution is 2.26. The van der Waals surface area contributed by atoms with Gasteiger partial charge in [-0.1, -0.05) is 24.6 Å². The molecule has 1 aromatic carbocycles. The van der Waals surface area contributed by atoms with E-state index < -0.39 is 0 Å². The van der Waals surface area contributed by atoms with Crippen molar-refractivity contribution in [2.45, 2.75) is 13.3 Å².